The lowest BCUT2D eigenvalue weighted by Crippen LogP contribution is -2.39. The van der Waals surface area contributed by atoms with E-state index in [1.807, 2.05) is 0 Å². The van der Waals surface area contributed by atoms with E-state index in [0.29, 0.717) is 11.3 Å². The Morgan fingerprint density at radius 3 is 2.31 bits per heavy atom. The molecule has 0 aliphatic rings. The molecule has 0 radical (unpaired) electrons. The number of carbonyl (C=O) groups excluding carboxylic acids is 1. The molecule has 1 aromatic rings. The molecule has 1 amide bonds. The highest BCUT2D eigenvalue weighted by molar-refractivity contribution is 5.94. The molecule has 0 bridgehead atoms. The maximum Gasteiger partial charge on any atom is 0.253 e. The van der Waals surface area contributed by atoms with Gasteiger partial charge in [0.2, 0.25) is 0 Å². The molecule has 4 nitrogen and oxygen atoms in total. The SMILES string of the molecule is CN(CC(C)(C)O)C(=O)c1ccc(N)cc1. The number of likely N-dealkylation sites (N-methyl/N-ethyl adjacent to an activating group) is 1. The molecule has 0 unspecified atom stereocenters. The minimum Gasteiger partial charge on any atom is -0.399 e. The fraction of sp³-hybridized carbons (Fsp3) is 0.417. The summed E-state index contributed by atoms with van der Waals surface area (Å²) in [6.07, 6.45) is 0. The molecular weight excluding hydrogens is 204 g/mol. The molecule has 0 spiro atoms. The average molecular weight is 222 g/mol. The number of aliphatic hydroxyl groups is 1. The van der Waals surface area contributed by atoms with Crippen LogP contribution in [0.5, 0.6) is 0 Å². The average Bonchev–Trinajstić information content (AvgIpc) is 2.15. The fourth-order valence-electron chi connectivity index (χ4n) is 1.50. The molecule has 0 aliphatic carbocycles. The van der Waals surface area contributed by atoms with Crippen LogP contribution in [0.3, 0.4) is 0 Å². The molecule has 1 aromatic carbocycles. The van der Waals surface area contributed by atoms with Gasteiger partial charge in [-0.1, -0.05) is 0 Å². The van der Waals surface area contributed by atoms with Gasteiger partial charge < -0.3 is 15.7 Å². The number of anilines is 1. The Balaban J connectivity index is 2.74. The third-order valence-corrected chi connectivity index (χ3v) is 2.13. The molecule has 4 heteroatoms. The number of nitrogens with two attached hydrogens (primary N) is 1. The van der Waals surface area contributed by atoms with E-state index in [4.69, 9.17) is 5.73 Å². The second-order valence-electron chi connectivity index (χ2n) is 4.60. The molecule has 3 N–H and O–H groups in total. The van der Waals surface area contributed by atoms with Gasteiger partial charge in [0.1, 0.15) is 0 Å². The highest BCUT2D eigenvalue weighted by Gasteiger charge is 2.20. The Bertz CT molecular complexity index is 366. The van der Waals surface area contributed by atoms with Gasteiger partial charge in [-0.2, -0.15) is 0 Å². The van der Waals surface area contributed by atoms with Crippen LogP contribution in [0.25, 0.3) is 0 Å². The monoisotopic (exact) mass is 222 g/mol. The van der Waals surface area contributed by atoms with Crippen molar-refractivity contribution in [1.82, 2.24) is 4.90 Å². The van der Waals surface area contributed by atoms with Crippen molar-refractivity contribution in [3.8, 4) is 0 Å². The van der Waals surface area contributed by atoms with Crippen LogP contribution >= 0.6 is 0 Å². The first kappa shape index (κ1) is 12.5. The Hall–Kier alpha value is -1.55. The Labute approximate surface area is 95.7 Å². The minimum absolute atomic E-state index is 0.123. The zero-order valence-electron chi connectivity index (χ0n) is 9.90. The van der Waals surface area contributed by atoms with Crippen LogP contribution in [0.1, 0.15) is 24.2 Å². The standard InChI is InChI=1S/C12H18N2O2/c1-12(2,16)8-14(3)11(15)9-4-6-10(13)7-5-9/h4-7,16H,8,13H2,1-3H3. The van der Waals surface area contributed by atoms with E-state index in [9.17, 15) is 9.90 Å². The van der Waals surface area contributed by atoms with Crippen molar-refractivity contribution in [3.63, 3.8) is 0 Å². The highest BCUT2D eigenvalue weighted by atomic mass is 16.3. The predicted octanol–water partition coefficient (Wildman–Crippen LogP) is 1.11. The van der Waals surface area contributed by atoms with Gasteiger partial charge in [-0.3, -0.25) is 4.79 Å². The Kier molecular flexibility index (Phi) is 3.55. The lowest BCUT2D eigenvalue weighted by atomic mass is 10.1. The molecule has 0 aromatic heterocycles. The number of hydrogen-bond donors (Lipinski definition) is 2. The van der Waals surface area contributed by atoms with Crippen LogP contribution in [0, 0.1) is 0 Å². The lowest BCUT2D eigenvalue weighted by molar-refractivity contribution is 0.0368. The zero-order valence-corrected chi connectivity index (χ0v) is 9.90. The second kappa shape index (κ2) is 4.53. The molecule has 0 aliphatic heterocycles. The van der Waals surface area contributed by atoms with E-state index in [-0.39, 0.29) is 12.5 Å². The summed E-state index contributed by atoms with van der Waals surface area (Å²) in [6.45, 7) is 3.62. The quantitative estimate of drug-likeness (QED) is 0.753. The van der Waals surface area contributed by atoms with Crippen LogP contribution in [0.4, 0.5) is 5.69 Å². The number of hydrogen-bond acceptors (Lipinski definition) is 3. The summed E-state index contributed by atoms with van der Waals surface area (Å²) in [6, 6.07) is 6.73. The van der Waals surface area contributed by atoms with Crippen molar-refractivity contribution < 1.29 is 9.90 Å². The van der Waals surface area contributed by atoms with E-state index in [2.05, 4.69) is 0 Å². The van der Waals surface area contributed by atoms with Gasteiger partial charge in [-0.05, 0) is 38.1 Å². The van der Waals surface area contributed by atoms with Crippen molar-refractivity contribution in [2.24, 2.45) is 0 Å². The summed E-state index contributed by atoms with van der Waals surface area (Å²) in [5.74, 6) is -0.123. The molecule has 0 saturated carbocycles. The molecule has 0 heterocycles. The second-order valence-corrected chi connectivity index (χ2v) is 4.60. The Morgan fingerprint density at radius 2 is 1.88 bits per heavy atom. The van der Waals surface area contributed by atoms with Gasteiger partial charge in [-0.25, -0.2) is 0 Å². The summed E-state index contributed by atoms with van der Waals surface area (Å²) in [4.78, 5) is 13.4. The van der Waals surface area contributed by atoms with Gasteiger partial charge in [0.05, 0.1) is 5.60 Å². The van der Waals surface area contributed by atoms with Gasteiger partial charge in [-0.15, -0.1) is 0 Å². The fourth-order valence-corrected chi connectivity index (χ4v) is 1.50. The highest BCUT2D eigenvalue weighted by Crippen LogP contribution is 2.10. The number of carbonyl (C=O) groups is 1. The topological polar surface area (TPSA) is 66.6 Å². The van der Waals surface area contributed by atoms with Gasteiger partial charge in [0, 0.05) is 24.8 Å². The number of nitrogen functional groups attached to an aromatic ring is 1. The van der Waals surface area contributed by atoms with Gasteiger partial charge in [0.15, 0.2) is 0 Å². The van der Waals surface area contributed by atoms with E-state index in [1.165, 1.54) is 4.90 Å². The maximum atomic E-state index is 11.9. The number of rotatable bonds is 3. The molecule has 0 atom stereocenters. The number of amides is 1. The summed E-state index contributed by atoms with van der Waals surface area (Å²) in [5, 5.41) is 9.61. The first-order chi connectivity index (χ1) is 7.29. The van der Waals surface area contributed by atoms with E-state index >= 15 is 0 Å². The van der Waals surface area contributed by atoms with Crippen LogP contribution in [0.15, 0.2) is 24.3 Å². The largest absolute Gasteiger partial charge is 0.399 e. The lowest BCUT2D eigenvalue weighted by Gasteiger charge is -2.25. The molecule has 1 rings (SSSR count). The zero-order chi connectivity index (χ0) is 12.3. The van der Waals surface area contributed by atoms with Gasteiger partial charge >= 0.3 is 0 Å². The predicted molar refractivity (Wildman–Crippen MR) is 64.1 cm³/mol. The van der Waals surface area contributed by atoms with Crippen LogP contribution in [-0.2, 0) is 0 Å². The van der Waals surface area contributed by atoms with Crippen LogP contribution < -0.4 is 5.73 Å². The van der Waals surface area contributed by atoms with E-state index < -0.39 is 5.60 Å². The Morgan fingerprint density at radius 1 is 1.38 bits per heavy atom. The number of nitrogens with zero attached hydrogens (tertiary/aromatic N) is 1. The molecule has 0 fully saturated rings. The molecule has 16 heavy (non-hydrogen) atoms. The first-order valence-corrected chi connectivity index (χ1v) is 5.13. The molecule has 0 saturated heterocycles. The third-order valence-electron chi connectivity index (χ3n) is 2.13. The molecular formula is C12H18N2O2. The first-order valence-electron chi connectivity index (χ1n) is 5.13. The smallest absolute Gasteiger partial charge is 0.253 e. The van der Waals surface area contributed by atoms with E-state index in [0.717, 1.165) is 0 Å². The van der Waals surface area contributed by atoms with Crippen molar-refractivity contribution in [1.29, 1.82) is 0 Å². The summed E-state index contributed by atoms with van der Waals surface area (Å²) in [7, 11) is 1.66. The summed E-state index contributed by atoms with van der Waals surface area (Å²) in [5.41, 5.74) is 5.85. The van der Waals surface area contributed by atoms with E-state index in [1.54, 1.807) is 45.2 Å². The van der Waals surface area contributed by atoms with Crippen molar-refractivity contribution in [2.45, 2.75) is 19.4 Å². The van der Waals surface area contributed by atoms with Crippen molar-refractivity contribution in [2.75, 3.05) is 19.3 Å². The maximum absolute atomic E-state index is 11.9. The molecule has 88 valence electrons. The van der Waals surface area contributed by atoms with Crippen molar-refractivity contribution in [3.05, 3.63) is 29.8 Å². The van der Waals surface area contributed by atoms with Crippen LogP contribution in [-0.4, -0.2) is 35.1 Å². The summed E-state index contributed by atoms with van der Waals surface area (Å²) >= 11 is 0. The summed E-state index contributed by atoms with van der Waals surface area (Å²) < 4.78 is 0. The number of benzene rings is 1. The minimum atomic E-state index is -0.891. The van der Waals surface area contributed by atoms with Crippen molar-refractivity contribution >= 4 is 11.6 Å². The van der Waals surface area contributed by atoms with Gasteiger partial charge in [0.25, 0.3) is 5.91 Å². The van der Waals surface area contributed by atoms with Crippen LogP contribution in [0.2, 0.25) is 0 Å². The third kappa shape index (κ3) is 3.55. The normalized spacial score (nSPS) is 11.2.